The molecule has 0 spiro atoms. The van der Waals surface area contributed by atoms with Crippen LogP contribution in [0, 0.1) is 5.92 Å². The van der Waals surface area contributed by atoms with Crippen LogP contribution in [0.2, 0.25) is 0 Å². The molecule has 0 bridgehead atoms. The van der Waals surface area contributed by atoms with Crippen LogP contribution in [0.1, 0.15) is 49.8 Å². The zero-order valence-electron chi connectivity index (χ0n) is 23.7. The van der Waals surface area contributed by atoms with Crippen LogP contribution in [-0.4, -0.2) is 54.5 Å². The Morgan fingerprint density at radius 1 is 1.12 bits per heavy atom. The maximum Gasteiger partial charge on any atom is 0.416 e. The molecule has 2 aromatic rings. The molecule has 2 fully saturated rings. The number of carbonyl (C=O) groups excluding carboxylic acids is 3. The summed E-state index contributed by atoms with van der Waals surface area (Å²) in [4.78, 5) is 39.1. The van der Waals surface area contributed by atoms with Gasteiger partial charge in [-0.25, -0.2) is 0 Å². The van der Waals surface area contributed by atoms with Gasteiger partial charge in [-0.3, -0.25) is 19.3 Å². The Labute approximate surface area is 243 Å². The Kier molecular flexibility index (Phi) is 9.56. The van der Waals surface area contributed by atoms with Gasteiger partial charge in [0.05, 0.1) is 5.56 Å². The molecule has 4 rings (SSSR count). The molecule has 1 heterocycles. The maximum atomic E-state index is 13.1. The summed E-state index contributed by atoms with van der Waals surface area (Å²) in [5.74, 6) is -1.05. The zero-order valence-corrected chi connectivity index (χ0v) is 23.7. The molecule has 224 valence electrons. The van der Waals surface area contributed by atoms with Crippen LogP contribution < -0.4 is 10.1 Å². The first-order chi connectivity index (χ1) is 19.9. The number of rotatable bonds is 8. The molecule has 1 saturated carbocycles. The molecular weight excluding hydrogens is 549 g/mol. The van der Waals surface area contributed by atoms with E-state index >= 15 is 0 Å². The molecule has 2 aromatic carbocycles. The predicted octanol–water partition coefficient (Wildman–Crippen LogP) is 5.30. The SMILES string of the molecule is C=CCN1CCC2(c3cccc(OC(C)=O)c3)CC(NC(=O)/C=C/c3cccc(C(F)(F)F)c3)CC(OC(C)=O)C2C1. The number of hydrogen-bond acceptors (Lipinski definition) is 6. The van der Waals surface area contributed by atoms with E-state index in [-0.39, 0.29) is 11.5 Å². The van der Waals surface area contributed by atoms with E-state index in [0.717, 1.165) is 24.2 Å². The summed E-state index contributed by atoms with van der Waals surface area (Å²) < 4.78 is 50.5. The lowest BCUT2D eigenvalue weighted by Crippen LogP contribution is -2.61. The van der Waals surface area contributed by atoms with Crippen molar-refractivity contribution in [2.45, 2.75) is 56.8 Å². The van der Waals surface area contributed by atoms with Crippen molar-refractivity contribution < 1.29 is 37.0 Å². The van der Waals surface area contributed by atoms with E-state index < -0.39 is 47.1 Å². The molecule has 4 atom stereocenters. The molecule has 1 saturated heterocycles. The Morgan fingerprint density at radius 2 is 1.88 bits per heavy atom. The average molecular weight is 585 g/mol. The van der Waals surface area contributed by atoms with E-state index in [4.69, 9.17) is 9.47 Å². The van der Waals surface area contributed by atoms with Crippen molar-refractivity contribution in [1.82, 2.24) is 10.2 Å². The van der Waals surface area contributed by atoms with Gasteiger partial charge in [0, 0.05) is 56.8 Å². The maximum absolute atomic E-state index is 13.1. The first-order valence-corrected chi connectivity index (χ1v) is 13.8. The highest BCUT2D eigenvalue weighted by atomic mass is 19.4. The van der Waals surface area contributed by atoms with E-state index in [1.807, 2.05) is 24.3 Å². The highest BCUT2D eigenvalue weighted by Crippen LogP contribution is 2.50. The summed E-state index contributed by atoms with van der Waals surface area (Å²) in [5.41, 5.74) is -0.155. The van der Waals surface area contributed by atoms with Crippen LogP contribution in [0.3, 0.4) is 0 Å². The average Bonchev–Trinajstić information content (AvgIpc) is 2.91. The number of likely N-dealkylation sites (tertiary alicyclic amines) is 1. The predicted molar refractivity (Wildman–Crippen MR) is 151 cm³/mol. The number of piperidine rings is 1. The normalized spacial score (nSPS) is 24.5. The van der Waals surface area contributed by atoms with Crippen molar-refractivity contribution in [1.29, 1.82) is 0 Å². The fraction of sp³-hybridized carbons (Fsp3) is 0.406. The van der Waals surface area contributed by atoms with Crippen LogP contribution >= 0.6 is 0 Å². The summed E-state index contributed by atoms with van der Waals surface area (Å²) in [6.45, 7) is 8.59. The van der Waals surface area contributed by atoms with Crippen molar-refractivity contribution >= 4 is 23.9 Å². The molecule has 0 radical (unpaired) electrons. The van der Waals surface area contributed by atoms with Crippen molar-refractivity contribution in [3.63, 3.8) is 0 Å². The third-order valence-electron chi connectivity index (χ3n) is 7.98. The van der Waals surface area contributed by atoms with E-state index in [1.165, 1.54) is 38.1 Å². The lowest BCUT2D eigenvalue weighted by molar-refractivity contribution is -0.157. The van der Waals surface area contributed by atoms with Crippen molar-refractivity contribution in [2.75, 3.05) is 19.6 Å². The van der Waals surface area contributed by atoms with E-state index in [0.29, 0.717) is 38.1 Å². The largest absolute Gasteiger partial charge is 0.462 e. The quantitative estimate of drug-likeness (QED) is 0.196. The molecule has 2 aliphatic rings. The van der Waals surface area contributed by atoms with Gasteiger partial charge in [0.25, 0.3) is 0 Å². The second-order valence-electron chi connectivity index (χ2n) is 10.9. The molecule has 1 amide bonds. The number of nitrogens with one attached hydrogen (secondary N) is 1. The molecule has 1 N–H and O–H groups in total. The Balaban J connectivity index is 1.64. The molecule has 7 nitrogen and oxygen atoms in total. The van der Waals surface area contributed by atoms with Crippen LogP contribution in [0.5, 0.6) is 5.75 Å². The minimum absolute atomic E-state index is 0.114. The zero-order chi connectivity index (χ0) is 30.5. The van der Waals surface area contributed by atoms with Gasteiger partial charge in [0.1, 0.15) is 11.9 Å². The van der Waals surface area contributed by atoms with Gasteiger partial charge in [-0.15, -0.1) is 6.58 Å². The molecule has 1 aliphatic heterocycles. The van der Waals surface area contributed by atoms with Gasteiger partial charge in [-0.1, -0.05) is 30.3 Å². The van der Waals surface area contributed by atoms with Crippen molar-refractivity contribution in [3.05, 3.63) is 84.0 Å². The minimum atomic E-state index is -4.49. The van der Waals surface area contributed by atoms with Crippen LogP contribution in [0.15, 0.2) is 67.3 Å². The smallest absolute Gasteiger partial charge is 0.416 e. The van der Waals surface area contributed by atoms with E-state index in [1.54, 1.807) is 6.07 Å². The van der Waals surface area contributed by atoms with Gasteiger partial charge in [0.15, 0.2) is 0 Å². The second-order valence-corrected chi connectivity index (χ2v) is 10.9. The number of alkyl halides is 3. The summed E-state index contributed by atoms with van der Waals surface area (Å²) >= 11 is 0. The number of esters is 2. The fourth-order valence-electron chi connectivity index (χ4n) is 6.33. The van der Waals surface area contributed by atoms with Crippen molar-refractivity contribution in [2.24, 2.45) is 5.92 Å². The second kappa shape index (κ2) is 12.9. The van der Waals surface area contributed by atoms with Gasteiger partial charge < -0.3 is 14.8 Å². The third kappa shape index (κ3) is 7.47. The van der Waals surface area contributed by atoms with E-state index in [9.17, 15) is 27.6 Å². The number of nitrogens with zero attached hydrogens (tertiary/aromatic N) is 1. The van der Waals surface area contributed by atoms with Gasteiger partial charge in [-0.2, -0.15) is 13.2 Å². The summed E-state index contributed by atoms with van der Waals surface area (Å²) in [5, 5.41) is 2.99. The highest BCUT2D eigenvalue weighted by molar-refractivity contribution is 5.92. The third-order valence-corrected chi connectivity index (χ3v) is 7.98. The summed E-state index contributed by atoms with van der Waals surface area (Å²) in [6.07, 6.45) is 0.981. The standard InChI is InChI=1S/C32H35F3N2O5/c1-4-14-37-15-13-31(24-8-6-10-27(17-24)41-21(2)38)19-26(18-29(28(31)20-37)42-22(3)39)36-30(40)12-11-23-7-5-9-25(16-23)32(33,34)35/h4-12,16-17,26,28-29H,1,13-15,18-20H2,2-3H3,(H,36,40)/b12-11+. The number of benzene rings is 2. The minimum Gasteiger partial charge on any atom is -0.462 e. The van der Waals surface area contributed by atoms with E-state index in [2.05, 4.69) is 16.8 Å². The van der Waals surface area contributed by atoms with Crippen LogP contribution in [0.25, 0.3) is 6.08 Å². The molecular formula is C32H35F3N2O5. The number of amides is 1. The Morgan fingerprint density at radius 3 is 2.57 bits per heavy atom. The molecule has 4 unspecified atom stereocenters. The Bertz CT molecular complexity index is 1360. The summed E-state index contributed by atoms with van der Waals surface area (Å²) in [6, 6.07) is 11.7. The molecule has 42 heavy (non-hydrogen) atoms. The molecule has 10 heteroatoms. The number of hydrogen-bond donors (Lipinski definition) is 1. The Hall–Kier alpha value is -3.92. The molecule has 1 aliphatic carbocycles. The summed E-state index contributed by atoms with van der Waals surface area (Å²) in [7, 11) is 0. The van der Waals surface area contributed by atoms with Crippen molar-refractivity contribution in [3.8, 4) is 5.75 Å². The topological polar surface area (TPSA) is 84.9 Å². The van der Waals surface area contributed by atoms with Crippen LogP contribution in [-0.2, 0) is 30.7 Å². The molecule has 0 aromatic heterocycles. The number of halogens is 3. The lowest BCUT2D eigenvalue weighted by Gasteiger charge is -2.55. The number of carbonyl (C=O) groups is 3. The first kappa shape index (κ1) is 31.0. The fourth-order valence-corrected chi connectivity index (χ4v) is 6.33. The monoisotopic (exact) mass is 584 g/mol. The van der Waals surface area contributed by atoms with Gasteiger partial charge in [0.2, 0.25) is 5.91 Å². The first-order valence-electron chi connectivity index (χ1n) is 13.8. The lowest BCUT2D eigenvalue weighted by atomic mass is 9.57. The van der Waals surface area contributed by atoms with Gasteiger partial charge >= 0.3 is 18.1 Å². The highest BCUT2D eigenvalue weighted by Gasteiger charge is 2.53. The number of fused-ring (bicyclic) bond motifs is 1. The number of ether oxygens (including phenoxy) is 2. The van der Waals surface area contributed by atoms with Crippen LogP contribution in [0.4, 0.5) is 13.2 Å². The van der Waals surface area contributed by atoms with Gasteiger partial charge in [-0.05, 0) is 60.9 Å².